The van der Waals surface area contributed by atoms with Gasteiger partial charge in [0.05, 0.1) is 6.04 Å². The van der Waals surface area contributed by atoms with E-state index in [9.17, 15) is 9.59 Å². The fourth-order valence-corrected chi connectivity index (χ4v) is 1.91. The highest BCUT2D eigenvalue weighted by molar-refractivity contribution is 5.89. The van der Waals surface area contributed by atoms with Crippen molar-refractivity contribution >= 4 is 11.8 Å². The molecule has 1 aliphatic rings. The maximum Gasteiger partial charge on any atom is 0.242 e. The van der Waals surface area contributed by atoms with E-state index >= 15 is 0 Å². The van der Waals surface area contributed by atoms with Crippen LogP contribution in [-0.2, 0) is 9.59 Å². The maximum atomic E-state index is 11.8. The summed E-state index contributed by atoms with van der Waals surface area (Å²) in [6.45, 7) is 2.76. The van der Waals surface area contributed by atoms with Gasteiger partial charge in [0.25, 0.3) is 0 Å². The average molecular weight is 241 g/mol. The predicted octanol–water partition coefficient (Wildman–Crippen LogP) is 0.289. The highest BCUT2D eigenvalue weighted by Crippen LogP contribution is 2.06. The quantitative estimate of drug-likeness (QED) is 0.647. The van der Waals surface area contributed by atoms with E-state index in [4.69, 9.17) is 5.73 Å². The van der Waals surface area contributed by atoms with E-state index in [0.717, 1.165) is 25.7 Å². The summed E-state index contributed by atoms with van der Waals surface area (Å²) < 4.78 is 0. The largest absolute Gasteiger partial charge is 0.354 e. The molecule has 2 unspecified atom stereocenters. The van der Waals surface area contributed by atoms with Crippen molar-refractivity contribution in [1.82, 2.24) is 10.6 Å². The standard InChI is InChI=1S/C12H23N3O2/c1-2-3-6-9(13)11(16)15-10-7-4-5-8-14-12(10)17/h9-10H,2-8,13H2,1H3,(H,14,17)(H,15,16). The van der Waals surface area contributed by atoms with Crippen LogP contribution in [0.2, 0.25) is 0 Å². The Morgan fingerprint density at radius 3 is 3.06 bits per heavy atom. The van der Waals surface area contributed by atoms with E-state index in [1.807, 2.05) is 0 Å². The number of nitrogens with one attached hydrogen (secondary N) is 2. The molecule has 2 atom stereocenters. The van der Waals surface area contributed by atoms with Crippen molar-refractivity contribution in [3.05, 3.63) is 0 Å². The molecule has 0 aromatic carbocycles. The molecule has 0 aromatic heterocycles. The molecule has 1 saturated heterocycles. The molecule has 4 N–H and O–H groups in total. The lowest BCUT2D eigenvalue weighted by Crippen LogP contribution is -2.50. The molecule has 0 aliphatic carbocycles. The minimum Gasteiger partial charge on any atom is -0.354 e. The van der Waals surface area contributed by atoms with Crippen LogP contribution in [0.15, 0.2) is 0 Å². The topological polar surface area (TPSA) is 84.2 Å². The first-order valence-electron chi connectivity index (χ1n) is 6.48. The Bertz CT molecular complexity index is 268. The lowest BCUT2D eigenvalue weighted by molar-refractivity contribution is -0.129. The van der Waals surface area contributed by atoms with Crippen molar-refractivity contribution in [2.75, 3.05) is 6.54 Å². The molecule has 17 heavy (non-hydrogen) atoms. The second-order valence-electron chi connectivity index (χ2n) is 4.60. The van der Waals surface area contributed by atoms with Crippen LogP contribution in [0.25, 0.3) is 0 Å². The Balaban J connectivity index is 2.40. The third-order valence-corrected chi connectivity index (χ3v) is 3.06. The van der Waals surface area contributed by atoms with Gasteiger partial charge in [0.15, 0.2) is 0 Å². The van der Waals surface area contributed by atoms with Gasteiger partial charge in [0.1, 0.15) is 6.04 Å². The van der Waals surface area contributed by atoms with Crippen LogP contribution in [0.5, 0.6) is 0 Å². The van der Waals surface area contributed by atoms with Gasteiger partial charge in [0.2, 0.25) is 11.8 Å². The highest BCUT2D eigenvalue weighted by Gasteiger charge is 2.24. The first-order valence-corrected chi connectivity index (χ1v) is 6.48. The first kappa shape index (κ1) is 14.0. The molecule has 5 nitrogen and oxygen atoms in total. The van der Waals surface area contributed by atoms with Gasteiger partial charge < -0.3 is 16.4 Å². The van der Waals surface area contributed by atoms with Crippen LogP contribution in [-0.4, -0.2) is 30.4 Å². The summed E-state index contributed by atoms with van der Waals surface area (Å²) in [5.41, 5.74) is 5.76. The zero-order valence-corrected chi connectivity index (χ0v) is 10.5. The number of carbonyl (C=O) groups excluding carboxylic acids is 2. The van der Waals surface area contributed by atoms with Gasteiger partial charge >= 0.3 is 0 Å². The summed E-state index contributed by atoms with van der Waals surface area (Å²) in [5, 5.41) is 5.53. The lowest BCUT2D eigenvalue weighted by Gasteiger charge is -2.18. The van der Waals surface area contributed by atoms with Crippen molar-refractivity contribution in [2.24, 2.45) is 5.73 Å². The fraction of sp³-hybridized carbons (Fsp3) is 0.833. The van der Waals surface area contributed by atoms with Crippen molar-refractivity contribution in [3.8, 4) is 0 Å². The molecule has 98 valence electrons. The van der Waals surface area contributed by atoms with E-state index in [2.05, 4.69) is 17.6 Å². The van der Waals surface area contributed by atoms with E-state index in [1.54, 1.807) is 0 Å². The van der Waals surface area contributed by atoms with Gasteiger partial charge in [-0.2, -0.15) is 0 Å². The Kier molecular flexibility index (Phi) is 5.97. The fourth-order valence-electron chi connectivity index (χ4n) is 1.91. The third-order valence-electron chi connectivity index (χ3n) is 3.06. The van der Waals surface area contributed by atoms with Crippen LogP contribution in [0.1, 0.15) is 45.4 Å². The van der Waals surface area contributed by atoms with Gasteiger partial charge in [-0.1, -0.05) is 19.8 Å². The number of hydrogen-bond donors (Lipinski definition) is 3. The maximum absolute atomic E-state index is 11.8. The van der Waals surface area contributed by atoms with Crippen molar-refractivity contribution in [3.63, 3.8) is 0 Å². The zero-order chi connectivity index (χ0) is 12.7. The average Bonchev–Trinajstić information content (AvgIpc) is 2.52. The highest BCUT2D eigenvalue weighted by atomic mass is 16.2. The minimum absolute atomic E-state index is 0.0847. The van der Waals surface area contributed by atoms with Crippen LogP contribution in [0, 0.1) is 0 Å². The number of carbonyl (C=O) groups is 2. The predicted molar refractivity (Wildman–Crippen MR) is 66.3 cm³/mol. The van der Waals surface area contributed by atoms with E-state index in [-0.39, 0.29) is 11.8 Å². The van der Waals surface area contributed by atoms with E-state index in [0.29, 0.717) is 19.4 Å². The first-order chi connectivity index (χ1) is 8.15. The molecule has 0 saturated carbocycles. The van der Waals surface area contributed by atoms with Crippen molar-refractivity contribution < 1.29 is 9.59 Å². The van der Waals surface area contributed by atoms with Crippen molar-refractivity contribution in [2.45, 2.75) is 57.5 Å². The monoisotopic (exact) mass is 241 g/mol. The van der Waals surface area contributed by atoms with Gasteiger partial charge in [-0.3, -0.25) is 9.59 Å². The molecule has 1 aliphatic heterocycles. The number of unbranched alkanes of at least 4 members (excludes halogenated alkanes) is 1. The molecule has 1 rings (SSSR count). The number of hydrogen-bond acceptors (Lipinski definition) is 3. The molecule has 1 heterocycles. The number of amides is 2. The Hall–Kier alpha value is -1.10. The Labute approximate surface area is 103 Å². The van der Waals surface area contributed by atoms with Crippen LogP contribution >= 0.6 is 0 Å². The molecule has 0 aromatic rings. The summed E-state index contributed by atoms with van der Waals surface area (Å²) in [4.78, 5) is 23.4. The van der Waals surface area contributed by atoms with Crippen molar-refractivity contribution in [1.29, 1.82) is 0 Å². The van der Waals surface area contributed by atoms with Gasteiger partial charge in [-0.05, 0) is 25.7 Å². The lowest BCUT2D eigenvalue weighted by atomic mass is 10.1. The van der Waals surface area contributed by atoms with Crippen LogP contribution < -0.4 is 16.4 Å². The van der Waals surface area contributed by atoms with Gasteiger partial charge in [0, 0.05) is 6.54 Å². The van der Waals surface area contributed by atoms with Crippen LogP contribution in [0.4, 0.5) is 0 Å². The molecular weight excluding hydrogens is 218 g/mol. The molecule has 5 heteroatoms. The molecule has 2 amide bonds. The summed E-state index contributed by atoms with van der Waals surface area (Å²) >= 11 is 0. The van der Waals surface area contributed by atoms with Gasteiger partial charge in [-0.15, -0.1) is 0 Å². The second-order valence-corrected chi connectivity index (χ2v) is 4.60. The summed E-state index contributed by atoms with van der Waals surface area (Å²) in [6.07, 6.45) is 5.26. The summed E-state index contributed by atoms with van der Waals surface area (Å²) in [6, 6.07) is -0.899. The Morgan fingerprint density at radius 1 is 1.59 bits per heavy atom. The Morgan fingerprint density at radius 2 is 2.35 bits per heavy atom. The molecule has 0 bridgehead atoms. The molecule has 1 fully saturated rings. The zero-order valence-electron chi connectivity index (χ0n) is 10.5. The molecule has 0 radical (unpaired) electrons. The molecular formula is C12H23N3O2. The SMILES string of the molecule is CCCCC(N)C(=O)NC1CCCCNC1=O. The van der Waals surface area contributed by atoms with E-state index < -0.39 is 12.1 Å². The molecule has 0 spiro atoms. The second kappa shape index (κ2) is 7.27. The minimum atomic E-state index is -0.494. The summed E-state index contributed by atoms with van der Waals surface area (Å²) in [5.74, 6) is -0.293. The summed E-state index contributed by atoms with van der Waals surface area (Å²) in [7, 11) is 0. The third kappa shape index (κ3) is 4.73. The normalized spacial score (nSPS) is 22.5. The van der Waals surface area contributed by atoms with E-state index in [1.165, 1.54) is 0 Å². The van der Waals surface area contributed by atoms with Crippen LogP contribution in [0.3, 0.4) is 0 Å². The number of nitrogens with two attached hydrogens (primary N) is 1. The smallest absolute Gasteiger partial charge is 0.242 e. The van der Waals surface area contributed by atoms with Gasteiger partial charge in [-0.25, -0.2) is 0 Å². The number of rotatable bonds is 5.